The van der Waals surface area contributed by atoms with Crippen LogP contribution in [0, 0.1) is 17.3 Å². The van der Waals surface area contributed by atoms with Gasteiger partial charge in [0.15, 0.2) is 0 Å². The first-order chi connectivity index (χ1) is 6.09. The highest BCUT2D eigenvalue weighted by molar-refractivity contribution is 5.75. The molecular formula is C10H17NO2. The van der Waals surface area contributed by atoms with E-state index in [0.29, 0.717) is 12.5 Å². The summed E-state index contributed by atoms with van der Waals surface area (Å²) in [6.07, 6.45) is 1.93. The summed E-state index contributed by atoms with van der Waals surface area (Å²) in [6, 6.07) is 0.222. The van der Waals surface area contributed by atoms with Crippen molar-refractivity contribution in [2.24, 2.45) is 23.0 Å². The number of carbonyl (C=O) groups excluding carboxylic acids is 1. The van der Waals surface area contributed by atoms with Crippen LogP contribution in [0.4, 0.5) is 0 Å². The lowest BCUT2D eigenvalue weighted by molar-refractivity contribution is -0.150. The summed E-state index contributed by atoms with van der Waals surface area (Å²) in [4.78, 5) is 11.6. The van der Waals surface area contributed by atoms with Gasteiger partial charge in [0.05, 0.1) is 12.5 Å². The summed E-state index contributed by atoms with van der Waals surface area (Å²) in [5, 5.41) is 0. The Labute approximate surface area is 78.6 Å². The van der Waals surface area contributed by atoms with Gasteiger partial charge in [-0.1, -0.05) is 6.92 Å². The zero-order valence-electron chi connectivity index (χ0n) is 8.25. The first-order valence-electron chi connectivity index (χ1n) is 5.02. The van der Waals surface area contributed by atoms with Crippen molar-refractivity contribution in [3.05, 3.63) is 0 Å². The molecule has 2 saturated carbocycles. The summed E-state index contributed by atoms with van der Waals surface area (Å²) in [5.41, 5.74) is 6.09. The van der Waals surface area contributed by atoms with Crippen LogP contribution in [0.2, 0.25) is 0 Å². The molecule has 0 aromatic heterocycles. The predicted octanol–water partition coefficient (Wildman–Crippen LogP) is 0.923. The van der Waals surface area contributed by atoms with Crippen LogP contribution in [-0.4, -0.2) is 18.6 Å². The normalized spacial score (nSPS) is 47.2. The van der Waals surface area contributed by atoms with Crippen molar-refractivity contribution in [1.29, 1.82) is 0 Å². The lowest BCUT2D eigenvalue weighted by Gasteiger charge is -2.17. The molecule has 2 rings (SSSR count). The molecule has 4 atom stereocenters. The van der Waals surface area contributed by atoms with E-state index in [1.54, 1.807) is 0 Å². The van der Waals surface area contributed by atoms with Crippen molar-refractivity contribution >= 4 is 5.97 Å². The van der Waals surface area contributed by atoms with Gasteiger partial charge in [0, 0.05) is 6.04 Å². The number of hydrogen-bond donors (Lipinski definition) is 1. The summed E-state index contributed by atoms with van der Waals surface area (Å²) < 4.78 is 5.04. The summed E-state index contributed by atoms with van der Waals surface area (Å²) in [7, 11) is 0. The fourth-order valence-electron chi connectivity index (χ4n) is 2.77. The van der Waals surface area contributed by atoms with Crippen molar-refractivity contribution in [1.82, 2.24) is 0 Å². The predicted molar refractivity (Wildman–Crippen MR) is 48.9 cm³/mol. The molecule has 0 heterocycles. The zero-order valence-corrected chi connectivity index (χ0v) is 8.25. The molecule has 0 unspecified atom stereocenters. The molecule has 13 heavy (non-hydrogen) atoms. The lowest BCUT2D eigenvalue weighted by Crippen LogP contribution is -2.26. The Kier molecular flexibility index (Phi) is 1.88. The monoisotopic (exact) mass is 183 g/mol. The number of carbonyl (C=O) groups is 1. The quantitative estimate of drug-likeness (QED) is 0.648. The fourth-order valence-corrected chi connectivity index (χ4v) is 2.77. The maximum Gasteiger partial charge on any atom is 0.309 e. The minimum Gasteiger partial charge on any atom is -0.466 e. The Hall–Kier alpha value is -0.570. The molecule has 0 aromatic carbocycles. The van der Waals surface area contributed by atoms with Gasteiger partial charge in [0.2, 0.25) is 0 Å². The second-order valence-electron chi connectivity index (χ2n) is 4.52. The molecule has 3 nitrogen and oxygen atoms in total. The van der Waals surface area contributed by atoms with Gasteiger partial charge in [0.1, 0.15) is 0 Å². The Morgan fingerprint density at radius 1 is 1.69 bits per heavy atom. The Morgan fingerprint density at radius 3 is 2.77 bits per heavy atom. The van der Waals surface area contributed by atoms with Gasteiger partial charge < -0.3 is 10.5 Å². The molecule has 3 heteroatoms. The molecule has 0 amide bonds. The van der Waals surface area contributed by atoms with Crippen molar-refractivity contribution in [2.45, 2.75) is 32.7 Å². The third-order valence-electron chi connectivity index (χ3n) is 3.74. The molecule has 2 fully saturated rings. The first kappa shape index (κ1) is 9.00. The fraction of sp³-hybridized carbons (Fsp3) is 0.900. The number of rotatable bonds is 2. The van der Waals surface area contributed by atoms with Crippen LogP contribution in [0.1, 0.15) is 26.7 Å². The van der Waals surface area contributed by atoms with E-state index in [9.17, 15) is 4.79 Å². The molecule has 74 valence electrons. The van der Waals surface area contributed by atoms with E-state index in [4.69, 9.17) is 10.5 Å². The van der Waals surface area contributed by atoms with Crippen LogP contribution < -0.4 is 5.73 Å². The van der Waals surface area contributed by atoms with Crippen molar-refractivity contribution in [3.63, 3.8) is 0 Å². The highest BCUT2D eigenvalue weighted by Gasteiger charge is 2.65. The van der Waals surface area contributed by atoms with Gasteiger partial charge in [-0.25, -0.2) is 0 Å². The van der Waals surface area contributed by atoms with E-state index < -0.39 is 0 Å². The van der Waals surface area contributed by atoms with Crippen molar-refractivity contribution in [3.8, 4) is 0 Å². The van der Waals surface area contributed by atoms with Gasteiger partial charge in [0.25, 0.3) is 0 Å². The minimum absolute atomic E-state index is 0.0412. The number of fused-ring (bicyclic) bond motifs is 1. The summed E-state index contributed by atoms with van der Waals surface area (Å²) in [5.74, 6) is 0.592. The van der Waals surface area contributed by atoms with E-state index in [1.165, 1.54) is 0 Å². The number of hydrogen-bond acceptors (Lipinski definition) is 3. The Balaban J connectivity index is 2.05. The molecular weight excluding hydrogens is 166 g/mol. The SMILES string of the molecule is CCOC(=O)[C@@H]1C[C@H](N)[C@@H]2C[C@]12C. The first-order valence-corrected chi connectivity index (χ1v) is 5.02. The lowest BCUT2D eigenvalue weighted by atomic mass is 9.92. The van der Waals surface area contributed by atoms with Crippen LogP contribution in [0.5, 0.6) is 0 Å². The molecule has 0 saturated heterocycles. The second kappa shape index (κ2) is 2.71. The minimum atomic E-state index is -0.0412. The molecule has 2 aliphatic carbocycles. The van der Waals surface area contributed by atoms with E-state index in [-0.39, 0.29) is 23.3 Å². The molecule has 0 radical (unpaired) electrons. The number of esters is 1. The zero-order chi connectivity index (χ0) is 9.64. The maximum atomic E-state index is 11.6. The molecule has 0 aliphatic heterocycles. The largest absolute Gasteiger partial charge is 0.466 e. The molecule has 0 spiro atoms. The van der Waals surface area contributed by atoms with Crippen LogP contribution in [0.15, 0.2) is 0 Å². The number of nitrogens with two attached hydrogens (primary N) is 1. The Bertz CT molecular complexity index is 241. The van der Waals surface area contributed by atoms with Gasteiger partial charge >= 0.3 is 5.97 Å². The van der Waals surface area contributed by atoms with Gasteiger partial charge in [-0.3, -0.25) is 4.79 Å². The average Bonchev–Trinajstić information content (AvgIpc) is 2.68. The Morgan fingerprint density at radius 2 is 2.38 bits per heavy atom. The summed E-state index contributed by atoms with van der Waals surface area (Å²) >= 11 is 0. The van der Waals surface area contributed by atoms with Crippen molar-refractivity contribution < 1.29 is 9.53 Å². The third kappa shape index (κ3) is 1.17. The van der Waals surface area contributed by atoms with Gasteiger partial charge in [-0.15, -0.1) is 0 Å². The molecule has 0 aromatic rings. The molecule has 2 N–H and O–H groups in total. The average molecular weight is 183 g/mol. The molecule has 2 aliphatic rings. The second-order valence-corrected chi connectivity index (χ2v) is 4.52. The van der Waals surface area contributed by atoms with Gasteiger partial charge in [-0.05, 0) is 31.1 Å². The van der Waals surface area contributed by atoms with E-state index in [1.807, 2.05) is 6.92 Å². The van der Waals surface area contributed by atoms with Crippen molar-refractivity contribution in [2.75, 3.05) is 6.61 Å². The highest BCUT2D eigenvalue weighted by Crippen LogP contribution is 2.65. The standard InChI is InChI=1S/C10H17NO2/c1-3-13-9(12)6-4-8(11)7-5-10(6,7)2/h6-8H,3-5,11H2,1-2H3/t6-,7-,8-,10+/m0/s1. The molecule has 0 bridgehead atoms. The van der Waals surface area contributed by atoms with Crippen LogP contribution in [-0.2, 0) is 9.53 Å². The van der Waals surface area contributed by atoms with Crippen LogP contribution in [0.3, 0.4) is 0 Å². The van der Waals surface area contributed by atoms with E-state index in [2.05, 4.69) is 6.92 Å². The smallest absolute Gasteiger partial charge is 0.309 e. The number of ether oxygens (including phenoxy) is 1. The van der Waals surface area contributed by atoms with Crippen LogP contribution >= 0.6 is 0 Å². The third-order valence-corrected chi connectivity index (χ3v) is 3.74. The van der Waals surface area contributed by atoms with E-state index in [0.717, 1.165) is 12.8 Å². The summed E-state index contributed by atoms with van der Waals surface area (Å²) in [6.45, 7) is 4.48. The van der Waals surface area contributed by atoms with Crippen LogP contribution in [0.25, 0.3) is 0 Å². The van der Waals surface area contributed by atoms with E-state index >= 15 is 0 Å². The maximum absolute atomic E-state index is 11.6. The van der Waals surface area contributed by atoms with Gasteiger partial charge in [-0.2, -0.15) is 0 Å². The topological polar surface area (TPSA) is 52.3 Å². The highest BCUT2D eigenvalue weighted by atomic mass is 16.5.